The summed E-state index contributed by atoms with van der Waals surface area (Å²) in [6.45, 7) is 2.67. The van der Waals surface area contributed by atoms with Gasteiger partial charge < -0.3 is 9.84 Å². The highest BCUT2D eigenvalue weighted by Crippen LogP contribution is 2.11. The molecule has 0 aliphatic rings. The van der Waals surface area contributed by atoms with Crippen molar-refractivity contribution >= 4 is 5.97 Å². The number of carbonyl (C=O) groups is 1. The van der Waals surface area contributed by atoms with Gasteiger partial charge in [-0.05, 0) is 49.9 Å². The summed E-state index contributed by atoms with van der Waals surface area (Å²) in [5, 5.41) is 9.16. The topological polar surface area (TPSA) is 46.5 Å². The summed E-state index contributed by atoms with van der Waals surface area (Å²) in [5.74, 6) is -0.167. The number of benzene rings is 1. The zero-order valence-corrected chi connectivity index (χ0v) is 13.6. The summed E-state index contributed by atoms with van der Waals surface area (Å²) in [7, 11) is 0. The number of rotatable bonds is 11. The first kappa shape index (κ1) is 18.3. The lowest BCUT2D eigenvalue weighted by Gasteiger charge is -2.04. The molecule has 0 aromatic heterocycles. The number of hydrogen-bond acceptors (Lipinski definition) is 3. The SMILES string of the molecule is CCCC/C=C/CCCCCCOC(=O)c1ccc(O)cc1. The lowest BCUT2D eigenvalue weighted by molar-refractivity contribution is 0.0497. The minimum absolute atomic E-state index is 0.153. The molecule has 0 atom stereocenters. The van der Waals surface area contributed by atoms with Crippen molar-refractivity contribution in [3.8, 4) is 5.75 Å². The van der Waals surface area contributed by atoms with Crippen molar-refractivity contribution in [1.82, 2.24) is 0 Å². The van der Waals surface area contributed by atoms with E-state index >= 15 is 0 Å². The number of allylic oxidation sites excluding steroid dienone is 2. The zero-order chi connectivity index (χ0) is 16.0. The van der Waals surface area contributed by atoms with Crippen LogP contribution in [0.15, 0.2) is 36.4 Å². The maximum atomic E-state index is 11.7. The van der Waals surface area contributed by atoms with E-state index in [2.05, 4.69) is 19.1 Å². The number of unbranched alkanes of at least 4 members (excludes halogenated alkanes) is 6. The first-order chi connectivity index (χ1) is 10.7. The van der Waals surface area contributed by atoms with Crippen LogP contribution in [0.1, 0.15) is 68.6 Å². The minimum Gasteiger partial charge on any atom is -0.508 e. The quantitative estimate of drug-likeness (QED) is 0.345. The molecule has 0 fully saturated rings. The van der Waals surface area contributed by atoms with E-state index in [1.54, 1.807) is 12.1 Å². The van der Waals surface area contributed by atoms with E-state index in [0.29, 0.717) is 12.2 Å². The normalized spacial score (nSPS) is 11.0. The van der Waals surface area contributed by atoms with Gasteiger partial charge in [-0.25, -0.2) is 4.79 Å². The predicted molar refractivity (Wildman–Crippen MR) is 90.1 cm³/mol. The standard InChI is InChI=1S/C19H28O3/c1-2-3-4-5-6-7-8-9-10-11-16-22-19(21)17-12-14-18(20)15-13-17/h5-6,12-15,20H,2-4,7-11,16H2,1H3/b6-5+. The maximum absolute atomic E-state index is 11.7. The number of phenolic OH excluding ortho intramolecular Hbond substituents is 1. The van der Waals surface area contributed by atoms with Crippen molar-refractivity contribution in [1.29, 1.82) is 0 Å². The molecule has 0 spiro atoms. The molecule has 3 nitrogen and oxygen atoms in total. The number of hydrogen-bond donors (Lipinski definition) is 1. The Morgan fingerprint density at radius 1 is 1.00 bits per heavy atom. The van der Waals surface area contributed by atoms with Gasteiger partial charge in [0.05, 0.1) is 12.2 Å². The van der Waals surface area contributed by atoms with Gasteiger partial charge in [-0.15, -0.1) is 0 Å². The first-order valence-corrected chi connectivity index (χ1v) is 8.35. The van der Waals surface area contributed by atoms with Gasteiger partial charge in [0, 0.05) is 0 Å². The molecule has 0 bridgehead atoms. The third-order valence-electron chi connectivity index (χ3n) is 3.49. The van der Waals surface area contributed by atoms with Crippen LogP contribution in [0.2, 0.25) is 0 Å². The molecule has 0 heterocycles. The Morgan fingerprint density at radius 2 is 1.64 bits per heavy atom. The van der Waals surface area contributed by atoms with Crippen LogP contribution in [-0.4, -0.2) is 17.7 Å². The van der Waals surface area contributed by atoms with E-state index in [-0.39, 0.29) is 11.7 Å². The number of carbonyl (C=O) groups excluding carboxylic acids is 1. The third kappa shape index (κ3) is 8.50. The monoisotopic (exact) mass is 304 g/mol. The number of esters is 1. The van der Waals surface area contributed by atoms with Crippen LogP contribution in [0.4, 0.5) is 0 Å². The molecule has 0 saturated carbocycles. The molecule has 1 aromatic carbocycles. The maximum Gasteiger partial charge on any atom is 0.338 e. The average Bonchev–Trinajstić information content (AvgIpc) is 2.53. The van der Waals surface area contributed by atoms with Crippen molar-refractivity contribution in [2.45, 2.75) is 58.3 Å². The van der Waals surface area contributed by atoms with Crippen LogP contribution >= 0.6 is 0 Å². The van der Waals surface area contributed by atoms with Gasteiger partial charge in [-0.2, -0.15) is 0 Å². The Morgan fingerprint density at radius 3 is 2.32 bits per heavy atom. The molecule has 1 aromatic rings. The van der Waals surface area contributed by atoms with Gasteiger partial charge in [0.25, 0.3) is 0 Å². The number of ether oxygens (including phenoxy) is 1. The van der Waals surface area contributed by atoms with Crippen molar-refractivity contribution in [2.75, 3.05) is 6.61 Å². The van der Waals surface area contributed by atoms with Crippen molar-refractivity contribution in [3.63, 3.8) is 0 Å². The summed E-state index contributed by atoms with van der Waals surface area (Å²) in [6, 6.07) is 6.13. The lowest BCUT2D eigenvalue weighted by Crippen LogP contribution is -2.06. The molecule has 1 rings (SSSR count). The van der Waals surface area contributed by atoms with Gasteiger partial charge >= 0.3 is 5.97 Å². The Balaban J connectivity index is 1.98. The fraction of sp³-hybridized carbons (Fsp3) is 0.526. The van der Waals surface area contributed by atoms with Crippen LogP contribution < -0.4 is 0 Å². The summed E-state index contributed by atoms with van der Waals surface area (Å²) in [4.78, 5) is 11.7. The first-order valence-electron chi connectivity index (χ1n) is 8.35. The molecular weight excluding hydrogens is 276 g/mol. The van der Waals surface area contributed by atoms with Crippen LogP contribution in [0.3, 0.4) is 0 Å². The molecule has 3 heteroatoms. The van der Waals surface area contributed by atoms with Crippen molar-refractivity contribution in [3.05, 3.63) is 42.0 Å². The van der Waals surface area contributed by atoms with E-state index in [9.17, 15) is 4.79 Å². The highest BCUT2D eigenvalue weighted by Gasteiger charge is 2.06. The molecule has 0 amide bonds. The summed E-state index contributed by atoms with van der Waals surface area (Å²) < 4.78 is 5.21. The highest BCUT2D eigenvalue weighted by molar-refractivity contribution is 5.89. The van der Waals surface area contributed by atoms with E-state index in [0.717, 1.165) is 19.3 Å². The molecule has 1 N–H and O–H groups in total. The van der Waals surface area contributed by atoms with E-state index in [1.165, 1.54) is 44.2 Å². The van der Waals surface area contributed by atoms with Gasteiger partial charge in [-0.3, -0.25) is 0 Å². The Hall–Kier alpha value is -1.77. The zero-order valence-electron chi connectivity index (χ0n) is 13.6. The lowest BCUT2D eigenvalue weighted by atomic mass is 10.1. The Labute approximate surface area is 134 Å². The molecule has 0 saturated heterocycles. The highest BCUT2D eigenvalue weighted by atomic mass is 16.5. The molecule has 22 heavy (non-hydrogen) atoms. The molecule has 0 radical (unpaired) electrons. The second-order valence-electron chi connectivity index (χ2n) is 5.50. The van der Waals surface area contributed by atoms with Gasteiger partial charge in [0.2, 0.25) is 0 Å². The minimum atomic E-state index is -0.321. The molecular formula is C19H28O3. The van der Waals surface area contributed by atoms with Crippen LogP contribution in [0.5, 0.6) is 5.75 Å². The molecule has 0 aliphatic carbocycles. The van der Waals surface area contributed by atoms with E-state index in [1.807, 2.05) is 0 Å². The fourth-order valence-electron chi connectivity index (χ4n) is 2.12. The van der Waals surface area contributed by atoms with Crippen LogP contribution in [0.25, 0.3) is 0 Å². The third-order valence-corrected chi connectivity index (χ3v) is 3.49. The van der Waals surface area contributed by atoms with Gasteiger partial charge in [0.15, 0.2) is 0 Å². The number of aromatic hydroxyl groups is 1. The molecule has 0 aliphatic heterocycles. The summed E-state index contributed by atoms with van der Waals surface area (Å²) >= 11 is 0. The van der Waals surface area contributed by atoms with Crippen LogP contribution in [-0.2, 0) is 4.74 Å². The second kappa shape index (κ2) is 11.8. The summed E-state index contributed by atoms with van der Waals surface area (Å²) in [5.41, 5.74) is 0.481. The second-order valence-corrected chi connectivity index (χ2v) is 5.50. The molecule has 122 valence electrons. The van der Waals surface area contributed by atoms with E-state index < -0.39 is 0 Å². The van der Waals surface area contributed by atoms with Gasteiger partial charge in [0.1, 0.15) is 5.75 Å². The van der Waals surface area contributed by atoms with Crippen LogP contribution in [0, 0.1) is 0 Å². The fourth-order valence-corrected chi connectivity index (χ4v) is 2.12. The smallest absolute Gasteiger partial charge is 0.338 e. The average molecular weight is 304 g/mol. The number of phenols is 1. The summed E-state index contributed by atoms with van der Waals surface area (Å²) in [6.07, 6.45) is 13.8. The predicted octanol–water partition coefficient (Wildman–Crippen LogP) is 5.25. The van der Waals surface area contributed by atoms with Crippen molar-refractivity contribution in [2.24, 2.45) is 0 Å². The molecule has 0 unspecified atom stereocenters. The van der Waals surface area contributed by atoms with Crippen molar-refractivity contribution < 1.29 is 14.6 Å². The van der Waals surface area contributed by atoms with E-state index in [4.69, 9.17) is 9.84 Å². The largest absolute Gasteiger partial charge is 0.508 e. The van der Waals surface area contributed by atoms with Gasteiger partial charge in [-0.1, -0.05) is 44.8 Å². The Bertz CT molecular complexity index is 434. The Kier molecular flexibility index (Phi) is 9.84.